The molecule has 3 N–H and O–H groups in total. The molecule has 166 valence electrons. The fourth-order valence-electron chi connectivity index (χ4n) is 2.58. The molecule has 1 atom stereocenters. The predicted octanol–water partition coefficient (Wildman–Crippen LogP) is 5.28. The fraction of sp³-hybridized carbons (Fsp3) is 0.348. The number of unbranched alkanes of at least 4 members (excludes halogenated alkanes) is 1. The zero-order valence-electron chi connectivity index (χ0n) is 18.0. The van der Waals surface area contributed by atoms with Gasteiger partial charge in [0.05, 0.1) is 12.2 Å². The highest BCUT2D eigenvalue weighted by Crippen LogP contribution is 2.23. The SMILES string of the molecule is CCCCOc1ccc(Br)cc1C(=O)NC(=S)Nc1ccc(C(=O)NC(C)CC)cc1. The molecule has 0 saturated carbocycles. The Morgan fingerprint density at radius 3 is 2.45 bits per heavy atom. The number of amides is 2. The molecule has 0 aliphatic carbocycles. The van der Waals surface area contributed by atoms with Crippen molar-refractivity contribution in [2.75, 3.05) is 11.9 Å². The molecular weight excluding hydrogens is 478 g/mol. The van der Waals surface area contributed by atoms with Gasteiger partial charge in [0.1, 0.15) is 5.75 Å². The van der Waals surface area contributed by atoms with Crippen molar-refractivity contribution in [2.45, 2.75) is 46.1 Å². The summed E-state index contributed by atoms with van der Waals surface area (Å²) in [4.78, 5) is 24.9. The summed E-state index contributed by atoms with van der Waals surface area (Å²) in [6.45, 7) is 6.59. The first kappa shape index (κ1) is 24.8. The van der Waals surface area contributed by atoms with Crippen molar-refractivity contribution < 1.29 is 14.3 Å². The van der Waals surface area contributed by atoms with Gasteiger partial charge in [-0.3, -0.25) is 14.9 Å². The van der Waals surface area contributed by atoms with E-state index in [1.807, 2.05) is 19.9 Å². The summed E-state index contributed by atoms with van der Waals surface area (Å²) in [6.07, 6.45) is 2.77. The van der Waals surface area contributed by atoms with Crippen LogP contribution in [0.25, 0.3) is 0 Å². The maximum Gasteiger partial charge on any atom is 0.261 e. The van der Waals surface area contributed by atoms with Gasteiger partial charge in [-0.2, -0.15) is 0 Å². The summed E-state index contributed by atoms with van der Waals surface area (Å²) < 4.78 is 6.51. The molecule has 0 radical (unpaired) electrons. The highest BCUT2D eigenvalue weighted by atomic mass is 79.9. The van der Waals surface area contributed by atoms with E-state index in [1.54, 1.807) is 36.4 Å². The number of hydrogen-bond acceptors (Lipinski definition) is 4. The normalized spacial score (nSPS) is 11.4. The van der Waals surface area contributed by atoms with E-state index in [1.165, 1.54) is 0 Å². The maximum absolute atomic E-state index is 12.7. The van der Waals surface area contributed by atoms with Crippen LogP contribution in [0.5, 0.6) is 5.75 Å². The Morgan fingerprint density at radius 1 is 1.10 bits per heavy atom. The van der Waals surface area contributed by atoms with Crippen LogP contribution in [0, 0.1) is 0 Å². The van der Waals surface area contributed by atoms with Crippen molar-refractivity contribution in [3.05, 3.63) is 58.1 Å². The van der Waals surface area contributed by atoms with Crippen LogP contribution in [0.15, 0.2) is 46.9 Å². The van der Waals surface area contributed by atoms with Gasteiger partial charge in [0.2, 0.25) is 0 Å². The number of anilines is 1. The van der Waals surface area contributed by atoms with Crippen LogP contribution in [0.2, 0.25) is 0 Å². The summed E-state index contributed by atoms with van der Waals surface area (Å²) in [7, 11) is 0. The van der Waals surface area contributed by atoms with Crippen LogP contribution in [-0.4, -0.2) is 29.6 Å². The molecule has 2 rings (SSSR count). The predicted molar refractivity (Wildman–Crippen MR) is 132 cm³/mol. The van der Waals surface area contributed by atoms with Gasteiger partial charge in [0, 0.05) is 21.8 Å². The minimum Gasteiger partial charge on any atom is -0.493 e. The third kappa shape index (κ3) is 7.95. The number of nitrogens with one attached hydrogen (secondary N) is 3. The zero-order chi connectivity index (χ0) is 22.8. The molecule has 0 bridgehead atoms. The number of ether oxygens (including phenoxy) is 1. The molecule has 0 fully saturated rings. The third-order valence-corrected chi connectivity index (χ3v) is 5.26. The monoisotopic (exact) mass is 505 g/mol. The topological polar surface area (TPSA) is 79.5 Å². The lowest BCUT2D eigenvalue weighted by Gasteiger charge is -2.14. The van der Waals surface area contributed by atoms with Gasteiger partial charge in [-0.05, 0) is 74.4 Å². The Kier molecular flexibility index (Phi) is 9.94. The molecule has 31 heavy (non-hydrogen) atoms. The summed E-state index contributed by atoms with van der Waals surface area (Å²) in [5, 5.41) is 8.71. The van der Waals surface area contributed by atoms with E-state index in [-0.39, 0.29) is 23.0 Å². The molecule has 0 spiro atoms. The molecule has 2 aromatic carbocycles. The van der Waals surface area contributed by atoms with E-state index in [0.29, 0.717) is 29.2 Å². The van der Waals surface area contributed by atoms with Crippen molar-refractivity contribution in [1.82, 2.24) is 10.6 Å². The average Bonchev–Trinajstić information content (AvgIpc) is 2.75. The Bertz CT molecular complexity index is 919. The molecule has 0 aromatic heterocycles. The largest absolute Gasteiger partial charge is 0.493 e. The van der Waals surface area contributed by atoms with Crippen molar-refractivity contribution in [1.29, 1.82) is 0 Å². The molecule has 0 aliphatic heterocycles. The quantitative estimate of drug-likeness (QED) is 0.319. The van der Waals surface area contributed by atoms with Gasteiger partial charge in [0.15, 0.2) is 5.11 Å². The van der Waals surface area contributed by atoms with Crippen molar-refractivity contribution in [3.8, 4) is 5.75 Å². The number of rotatable bonds is 9. The highest BCUT2D eigenvalue weighted by molar-refractivity contribution is 9.10. The Morgan fingerprint density at radius 2 is 1.81 bits per heavy atom. The first-order valence-corrected chi connectivity index (χ1v) is 11.5. The summed E-state index contributed by atoms with van der Waals surface area (Å²) >= 11 is 8.66. The Balaban J connectivity index is 1.99. The van der Waals surface area contributed by atoms with Gasteiger partial charge in [-0.15, -0.1) is 0 Å². The zero-order valence-corrected chi connectivity index (χ0v) is 20.4. The maximum atomic E-state index is 12.7. The van der Waals surface area contributed by atoms with Crippen LogP contribution in [0.4, 0.5) is 5.69 Å². The number of halogens is 1. The van der Waals surface area contributed by atoms with Gasteiger partial charge >= 0.3 is 0 Å². The number of carbonyl (C=O) groups is 2. The third-order valence-electron chi connectivity index (χ3n) is 4.56. The van der Waals surface area contributed by atoms with Crippen LogP contribution >= 0.6 is 28.1 Å². The first-order valence-electron chi connectivity index (χ1n) is 10.3. The fourth-order valence-corrected chi connectivity index (χ4v) is 3.15. The molecule has 8 heteroatoms. The number of thiocarbonyl (C=S) groups is 1. The summed E-state index contributed by atoms with van der Waals surface area (Å²) in [5.41, 5.74) is 1.62. The van der Waals surface area contributed by atoms with Crippen LogP contribution in [0.1, 0.15) is 60.7 Å². The molecule has 2 aromatic rings. The summed E-state index contributed by atoms with van der Waals surface area (Å²) in [5.74, 6) is 0.0190. The van der Waals surface area contributed by atoms with Gasteiger partial charge in [-0.25, -0.2) is 0 Å². The average molecular weight is 506 g/mol. The molecule has 1 unspecified atom stereocenters. The second-order valence-corrected chi connectivity index (χ2v) is 8.43. The minimum atomic E-state index is -0.366. The van der Waals surface area contributed by atoms with E-state index in [9.17, 15) is 9.59 Å². The van der Waals surface area contributed by atoms with Gasteiger partial charge in [-0.1, -0.05) is 36.2 Å². The lowest BCUT2D eigenvalue weighted by Crippen LogP contribution is -2.34. The lowest BCUT2D eigenvalue weighted by molar-refractivity contribution is 0.0937. The van der Waals surface area contributed by atoms with Gasteiger partial charge < -0.3 is 15.4 Å². The van der Waals surface area contributed by atoms with E-state index in [4.69, 9.17) is 17.0 Å². The van der Waals surface area contributed by atoms with Crippen molar-refractivity contribution in [2.24, 2.45) is 0 Å². The van der Waals surface area contributed by atoms with Crippen molar-refractivity contribution in [3.63, 3.8) is 0 Å². The number of carbonyl (C=O) groups excluding carboxylic acids is 2. The van der Waals surface area contributed by atoms with E-state index >= 15 is 0 Å². The Hall–Kier alpha value is -2.45. The first-order chi connectivity index (χ1) is 14.8. The second kappa shape index (κ2) is 12.4. The van der Waals surface area contributed by atoms with E-state index in [0.717, 1.165) is 23.7 Å². The number of hydrogen-bond donors (Lipinski definition) is 3. The van der Waals surface area contributed by atoms with Gasteiger partial charge in [0.25, 0.3) is 11.8 Å². The minimum absolute atomic E-state index is 0.113. The summed E-state index contributed by atoms with van der Waals surface area (Å²) in [6, 6.07) is 12.3. The second-order valence-electron chi connectivity index (χ2n) is 7.11. The van der Waals surface area contributed by atoms with E-state index < -0.39 is 0 Å². The number of benzene rings is 2. The molecule has 0 saturated heterocycles. The molecule has 0 aliphatic rings. The van der Waals surface area contributed by atoms with Crippen LogP contribution in [0.3, 0.4) is 0 Å². The molecule has 2 amide bonds. The lowest BCUT2D eigenvalue weighted by atomic mass is 10.1. The Labute approximate surface area is 197 Å². The molecular formula is C23H28BrN3O3S. The van der Waals surface area contributed by atoms with Crippen molar-refractivity contribution >= 4 is 50.8 Å². The van der Waals surface area contributed by atoms with E-state index in [2.05, 4.69) is 38.8 Å². The smallest absolute Gasteiger partial charge is 0.261 e. The standard InChI is InChI=1S/C23H28BrN3O3S/c1-4-6-13-30-20-12-9-17(24)14-19(20)22(29)27-23(31)26-18-10-7-16(8-11-18)21(28)25-15(3)5-2/h7-12,14-15H,4-6,13H2,1-3H3,(H,25,28)(H2,26,27,29,31). The highest BCUT2D eigenvalue weighted by Gasteiger charge is 2.15. The van der Waals surface area contributed by atoms with Crippen LogP contribution in [-0.2, 0) is 0 Å². The molecule has 6 nitrogen and oxygen atoms in total. The van der Waals surface area contributed by atoms with Crippen LogP contribution < -0.4 is 20.7 Å². The molecule has 0 heterocycles.